The molecular formula is C13H13N3. The van der Waals surface area contributed by atoms with E-state index in [0.29, 0.717) is 6.42 Å². The van der Waals surface area contributed by atoms with Crippen LogP contribution >= 0.6 is 0 Å². The van der Waals surface area contributed by atoms with E-state index >= 15 is 0 Å². The van der Waals surface area contributed by atoms with E-state index in [-0.39, 0.29) is 6.04 Å². The molecule has 0 bridgehead atoms. The molecule has 1 aromatic carbocycles. The molecule has 0 aliphatic carbocycles. The van der Waals surface area contributed by atoms with Gasteiger partial charge in [0.15, 0.2) is 0 Å². The average Bonchev–Trinajstić information content (AvgIpc) is 2.83. The Balaban J connectivity index is 2.15. The Kier molecular flexibility index (Phi) is 3.25. The molecule has 1 atom stereocenters. The first kappa shape index (κ1) is 10.3. The van der Waals surface area contributed by atoms with Gasteiger partial charge in [-0.1, -0.05) is 30.3 Å². The molecule has 0 aliphatic heterocycles. The number of nitriles is 1. The number of nitrogens with zero attached hydrogens (tertiary/aromatic N) is 2. The van der Waals surface area contributed by atoms with Crippen LogP contribution in [0.25, 0.3) is 0 Å². The fraction of sp³-hybridized carbons (Fsp3) is 0.154. The van der Waals surface area contributed by atoms with Gasteiger partial charge in [-0.25, -0.2) is 0 Å². The van der Waals surface area contributed by atoms with Crippen LogP contribution in [0, 0.1) is 11.3 Å². The smallest absolute Gasteiger partial charge is 0.0803 e. The molecule has 3 nitrogen and oxygen atoms in total. The Bertz CT molecular complexity index is 454. The number of rotatable bonds is 4. The summed E-state index contributed by atoms with van der Waals surface area (Å²) in [5, 5.41) is 8.83. The van der Waals surface area contributed by atoms with Crippen LogP contribution in [0.4, 0.5) is 0 Å². The Labute approximate surface area is 94.9 Å². The van der Waals surface area contributed by atoms with Crippen LogP contribution in [0.3, 0.4) is 0 Å². The molecule has 1 N–H and O–H groups in total. The number of hydrogen-bond acceptors (Lipinski definition) is 2. The van der Waals surface area contributed by atoms with Gasteiger partial charge in [0.2, 0.25) is 0 Å². The Morgan fingerprint density at radius 1 is 1.12 bits per heavy atom. The topological polar surface area (TPSA) is 40.8 Å². The molecule has 0 radical (unpaired) electrons. The Morgan fingerprint density at radius 2 is 1.81 bits per heavy atom. The maximum atomic E-state index is 8.83. The van der Waals surface area contributed by atoms with Gasteiger partial charge in [0.25, 0.3) is 0 Å². The van der Waals surface area contributed by atoms with Crippen molar-refractivity contribution in [3.63, 3.8) is 0 Å². The first-order valence-electron chi connectivity index (χ1n) is 5.21. The molecule has 0 saturated heterocycles. The van der Waals surface area contributed by atoms with E-state index in [1.54, 1.807) is 0 Å². The van der Waals surface area contributed by atoms with Crippen LogP contribution in [0.5, 0.6) is 0 Å². The van der Waals surface area contributed by atoms with Crippen molar-refractivity contribution in [3.8, 4) is 6.07 Å². The van der Waals surface area contributed by atoms with E-state index < -0.39 is 0 Å². The zero-order chi connectivity index (χ0) is 11.2. The minimum Gasteiger partial charge on any atom is -0.318 e. The third kappa shape index (κ3) is 2.43. The number of benzene rings is 1. The van der Waals surface area contributed by atoms with Crippen molar-refractivity contribution in [2.24, 2.45) is 0 Å². The zero-order valence-electron chi connectivity index (χ0n) is 8.88. The van der Waals surface area contributed by atoms with E-state index in [0.717, 1.165) is 5.56 Å². The summed E-state index contributed by atoms with van der Waals surface area (Å²) in [6.07, 6.45) is 4.29. The summed E-state index contributed by atoms with van der Waals surface area (Å²) in [6, 6.07) is 16.1. The molecule has 0 aliphatic rings. The first-order valence-corrected chi connectivity index (χ1v) is 5.21. The molecule has 16 heavy (non-hydrogen) atoms. The highest BCUT2D eigenvalue weighted by molar-refractivity contribution is 5.22. The molecule has 2 aromatic rings. The first-order chi connectivity index (χ1) is 7.90. The van der Waals surface area contributed by atoms with E-state index in [9.17, 15) is 0 Å². The standard InChI is InChI=1S/C13H13N3/c14-9-8-13(12-6-2-1-3-7-12)15-16-10-4-5-11-16/h1-7,10-11,13,15H,8H2. The highest BCUT2D eigenvalue weighted by Crippen LogP contribution is 2.16. The molecular weight excluding hydrogens is 198 g/mol. The fourth-order valence-electron chi connectivity index (χ4n) is 1.62. The molecule has 1 heterocycles. The molecule has 0 saturated carbocycles. The van der Waals surface area contributed by atoms with Crippen molar-refractivity contribution in [1.29, 1.82) is 5.26 Å². The van der Waals surface area contributed by atoms with Gasteiger partial charge in [-0.15, -0.1) is 0 Å². The fourth-order valence-corrected chi connectivity index (χ4v) is 1.62. The SMILES string of the molecule is N#CCC(Nn1cccc1)c1ccccc1. The molecule has 0 amide bonds. The number of nitrogens with one attached hydrogen (secondary N) is 1. The van der Waals surface area contributed by atoms with E-state index in [4.69, 9.17) is 5.26 Å². The van der Waals surface area contributed by atoms with Gasteiger partial charge in [-0.05, 0) is 17.7 Å². The second-order valence-corrected chi connectivity index (χ2v) is 3.54. The summed E-state index contributed by atoms with van der Waals surface area (Å²) >= 11 is 0. The van der Waals surface area contributed by atoms with Crippen molar-refractivity contribution in [2.45, 2.75) is 12.5 Å². The van der Waals surface area contributed by atoms with Crippen LogP contribution in [0.15, 0.2) is 54.9 Å². The Hall–Kier alpha value is -2.21. The van der Waals surface area contributed by atoms with Crippen LogP contribution in [0.1, 0.15) is 18.0 Å². The summed E-state index contributed by atoms with van der Waals surface area (Å²) in [4.78, 5) is 0. The largest absolute Gasteiger partial charge is 0.318 e. The molecule has 2 rings (SSSR count). The molecule has 0 spiro atoms. The van der Waals surface area contributed by atoms with E-state index in [1.165, 1.54) is 0 Å². The molecule has 1 aromatic heterocycles. The van der Waals surface area contributed by atoms with Crippen molar-refractivity contribution in [3.05, 3.63) is 60.4 Å². The maximum Gasteiger partial charge on any atom is 0.0803 e. The van der Waals surface area contributed by atoms with Crippen LogP contribution in [-0.4, -0.2) is 4.68 Å². The van der Waals surface area contributed by atoms with Gasteiger partial charge in [0.1, 0.15) is 0 Å². The van der Waals surface area contributed by atoms with Gasteiger partial charge in [0.05, 0.1) is 18.5 Å². The minimum atomic E-state index is 0.0265. The third-order valence-electron chi connectivity index (χ3n) is 2.41. The lowest BCUT2D eigenvalue weighted by molar-refractivity contribution is 0.686. The van der Waals surface area contributed by atoms with Crippen molar-refractivity contribution in [1.82, 2.24) is 4.68 Å². The van der Waals surface area contributed by atoms with Crippen LogP contribution in [0.2, 0.25) is 0 Å². The lowest BCUT2D eigenvalue weighted by atomic mass is 10.1. The zero-order valence-corrected chi connectivity index (χ0v) is 8.88. The predicted molar refractivity (Wildman–Crippen MR) is 63.2 cm³/mol. The Morgan fingerprint density at radius 3 is 2.44 bits per heavy atom. The van der Waals surface area contributed by atoms with Gasteiger partial charge >= 0.3 is 0 Å². The van der Waals surface area contributed by atoms with Gasteiger partial charge in [-0.2, -0.15) is 5.26 Å². The molecule has 80 valence electrons. The minimum absolute atomic E-state index is 0.0265. The third-order valence-corrected chi connectivity index (χ3v) is 2.41. The number of hydrogen-bond donors (Lipinski definition) is 1. The second kappa shape index (κ2) is 5.04. The number of aromatic nitrogens is 1. The molecule has 1 unspecified atom stereocenters. The average molecular weight is 211 g/mol. The summed E-state index contributed by atoms with van der Waals surface area (Å²) in [5.74, 6) is 0. The van der Waals surface area contributed by atoms with Crippen molar-refractivity contribution >= 4 is 0 Å². The maximum absolute atomic E-state index is 8.83. The highest BCUT2D eigenvalue weighted by atomic mass is 15.4. The van der Waals surface area contributed by atoms with Gasteiger partial charge < -0.3 is 5.43 Å². The quantitative estimate of drug-likeness (QED) is 0.844. The van der Waals surface area contributed by atoms with Crippen LogP contribution in [-0.2, 0) is 0 Å². The van der Waals surface area contributed by atoms with Crippen LogP contribution < -0.4 is 5.43 Å². The lowest BCUT2D eigenvalue weighted by Gasteiger charge is -2.18. The summed E-state index contributed by atoms with van der Waals surface area (Å²) in [5.41, 5.74) is 4.39. The summed E-state index contributed by atoms with van der Waals surface area (Å²) in [6.45, 7) is 0. The summed E-state index contributed by atoms with van der Waals surface area (Å²) in [7, 11) is 0. The predicted octanol–water partition coefficient (Wildman–Crippen LogP) is 2.69. The molecule has 3 heteroatoms. The van der Waals surface area contributed by atoms with Gasteiger partial charge in [-0.3, -0.25) is 4.68 Å². The van der Waals surface area contributed by atoms with E-state index in [2.05, 4.69) is 11.5 Å². The summed E-state index contributed by atoms with van der Waals surface area (Å²) < 4.78 is 1.87. The normalized spacial score (nSPS) is 11.7. The van der Waals surface area contributed by atoms with E-state index in [1.807, 2.05) is 59.5 Å². The van der Waals surface area contributed by atoms with Crippen molar-refractivity contribution < 1.29 is 0 Å². The second-order valence-electron chi connectivity index (χ2n) is 3.54. The van der Waals surface area contributed by atoms with Gasteiger partial charge in [0, 0.05) is 12.4 Å². The highest BCUT2D eigenvalue weighted by Gasteiger charge is 2.09. The lowest BCUT2D eigenvalue weighted by Crippen LogP contribution is -2.19. The van der Waals surface area contributed by atoms with Crippen molar-refractivity contribution in [2.75, 3.05) is 5.43 Å². The molecule has 0 fully saturated rings. The monoisotopic (exact) mass is 211 g/mol.